The van der Waals surface area contributed by atoms with Gasteiger partial charge in [0.2, 0.25) is 0 Å². The van der Waals surface area contributed by atoms with Crippen LogP contribution in [0.3, 0.4) is 0 Å². The van der Waals surface area contributed by atoms with Gasteiger partial charge in [0.15, 0.2) is 0 Å². The molecule has 1 heterocycles. The van der Waals surface area contributed by atoms with Gasteiger partial charge in [0, 0.05) is 0 Å². The zero-order valence-electron chi connectivity index (χ0n) is 16.2. The lowest BCUT2D eigenvalue weighted by molar-refractivity contribution is 0.0557. The fourth-order valence-electron chi connectivity index (χ4n) is 4.71. The molecule has 4 nitrogen and oxygen atoms in total. The molecule has 1 saturated carbocycles. The highest BCUT2D eigenvalue weighted by atomic mass is 31.0. The van der Waals surface area contributed by atoms with Crippen molar-refractivity contribution in [3.05, 3.63) is 27.3 Å². The molecule has 0 amide bonds. The van der Waals surface area contributed by atoms with Crippen molar-refractivity contribution in [1.82, 2.24) is 0 Å². The molecule has 5 heteroatoms. The third kappa shape index (κ3) is 3.53. The molecule has 0 spiro atoms. The maximum absolute atomic E-state index is 12.8. The van der Waals surface area contributed by atoms with Crippen LogP contribution in [0.2, 0.25) is 0 Å². The molecule has 2 aliphatic rings. The molecule has 0 aliphatic heterocycles. The Balaban J connectivity index is 2.32. The summed E-state index contributed by atoms with van der Waals surface area (Å²) in [7, 11) is 3.63. The van der Waals surface area contributed by atoms with Crippen LogP contribution in [0.4, 0.5) is 0 Å². The van der Waals surface area contributed by atoms with E-state index in [1.165, 1.54) is 50.8 Å². The lowest BCUT2D eigenvalue weighted by atomic mass is 9.75. The normalized spacial score (nSPS) is 19.5. The van der Waals surface area contributed by atoms with E-state index >= 15 is 0 Å². The second kappa shape index (κ2) is 8.08. The first-order valence-electron chi connectivity index (χ1n) is 9.74. The van der Waals surface area contributed by atoms with Crippen LogP contribution < -0.4 is 0 Å². The molecular weight excluding hydrogens is 347 g/mol. The van der Waals surface area contributed by atoms with Crippen LogP contribution >= 0.6 is 8.19 Å². The summed E-state index contributed by atoms with van der Waals surface area (Å²) in [5.41, 5.74) is 2.87. The number of aryl methyl sites for hydroxylation is 1. The fourth-order valence-corrected chi connectivity index (χ4v) is 6.11. The van der Waals surface area contributed by atoms with Gasteiger partial charge in [-0.3, -0.25) is 0 Å². The van der Waals surface area contributed by atoms with Crippen molar-refractivity contribution in [3.63, 3.8) is 0 Å². The molecule has 26 heavy (non-hydrogen) atoms. The third-order valence-electron chi connectivity index (χ3n) is 6.05. The number of hydrogen-bond acceptors (Lipinski definition) is 4. The molecule has 0 bridgehead atoms. The first-order chi connectivity index (χ1) is 12.5. The van der Waals surface area contributed by atoms with Crippen molar-refractivity contribution in [3.8, 4) is 0 Å². The highest BCUT2D eigenvalue weighted by Gasteiger charge is 2.39. The summed E-state index contributed by atoms with van der Waals surface area (Å²) in [6.07, 6.45) is 11.2. The van der Waals surface area contributed by atoms with Crippen molar-refractivity contribution >= 4 is 20.1 Å². The zero-order valence-corrected chi connectivity index (χ0v) is 17.0. The van der Waals surface area contributed by atoms with Crippen LogP contribution in [0.1, 0.15) is 95.2 Å². The summed E-state index contributed by atoms with van der Waals surface area (Å²) in [5.74, 6) is -0.797. The number of esters is 2. The second-order valence-electron chi connectivity index (χ2n) is 7.80. The molecule has 142 valence electrons. The molecule has 0 aromatic carbocycles. The van der Waals surface area contributed by atoms with Gasteiger partial charge in [-0.25, -0.2) is 9.59 Å². The second-order valence-corrected chi connectivity index (χ2v) is 9.01. The molecule has 0 saturated heterocycles. The highest BCUT2D eigenvalue weighted by molar-refractivity contribution is 7.33. The van der Waals surface area contributed by atoms with Gasteiger partial charge < -0.3 is 9.47 Å². The Hall–Kier alpha value is -1.41. The number of methoxy groups -OCH3 is 2. The van der Waals surface area contributed by atoms with Crippen molar-refractivity contribution in [2.45, 2.75) is 76.5 Å². The number of ether oxygens (including phenoxy) is 2. The first-order valence-corrected chi connectivity index (χ1v) is 10.6. The smallest absolute Gasteiger partial charge is 0.343 e. The van der Waals surface area contributed by atoms with Crippen molar-refractivity contribution in [2.24, 2.45) is 0 Å². The van der Waals surface area contributed by atoms with Gasteiger partial charge in [0.25, 0.3) is 0 Å². The summed E-state index contributed by atoms with van der Waals surface area (Å²) in [6, 6.07) is 0. The van der Waals surface area contributed by atoms with Gasteiger partial charge in [0.05, 0.1) is 19.8 Å². The molecule has 3 rings (SSSR count). The summed E-state index contributed by atoms with van der Waals surface area (Å²) in [5, 5.41) is 1.79. The van der Waals surface area contributed by atoms with E-state index in [0.717, 1.165) is 52.3 Å². The molecule has 1 aromatic heterocycles. The Labute approximate surface area is 157 Å². The Morgan fingerprint density at radius 1 is 0.885 bits per heavy atom. The lowest BCUT2D eigenvalue weighted by Crippen LogP contribution is -2.27. The molecule has 2 aliphatic carbocycles. The minimum atomic E-state index is -0.403. The maximum atomic E-state index is 12.8. The van der Waals surface area contributed by atoms with Gasteiger partial charge in [-0.15, -0.1) is 0 Å². The van der Waals surface area contributed by atoms with E-state index in [4.69, 9.17) is 9.47 Å². The molecule has 0 atom stereocenters. The Morgan fingerprint density at radius 2 is 1.50 bits per heavy atom. The van der Waals surface area contributed by atoms with Crippen molar-refractivity contribution in [2.75, 3.05) is 14.2 Å². The number of carbonyl (C=O) groups excluding carboxylic acids is 2. The summed E-state index contributed by atoms with van der Waals surface area (Å²) >= 11 is 0. The van der Waals surface area contributed by atoms with E-state index in [1.54, 1.807) is 0 Å². The van der Waals surface area contributed by atoms with E-state index in [0.29, 0.717) is 10.9 Å². The van der Waals surface area contributed by atoms with E-state index in [-0.39, 0.29) is 5.41 Å². The lowest BCUT2D eigenvalue weighted by Gasteiger charge is -2.32. The molecule has 0 radical (unpaired) electrons. The first kappa shape index (κ1) is 19.4. The predicted octanol–water partition coefficient (Wildman–Crippen LogP) is 5.33. The number of rotatable bonds is 3. The Bertz CT molecular complexity index is 704. The quantitative estimate of drug-likeness (QED) is 0.669. The average molecular weight is 376 g/mol. The molecule has 0 unspecified atom stereocenters. The predicted molar refractivity (Wildman–Crippen MR) is 103 cm³/mol. The van der Waals surface area contributed by atoms with Crippen LogP contribution in [0.5, 0.6) is 0 Å². The van der Waals surface area contributed by atoms with E-state index in [1.807, 2.05) is 0 Å². The summed E-state index contributed by atoms with van der Waals surface area (Å²) < 4.78 is 10.2. The highest BCUT2D eigenvalue weighted by Crippen LogP contribution is 2.48. The molecular formula is C21H29O4P. The van der Waals surface area contributed by atoms with Crippen LogP contribution in [0.15, 0.2) is 0 Å². The Kier molecular flexibility index (Phi) is 6.02. The number of fused-ring (bicyclic) bond motifs is 1. The summed E-state index contributed by atoms with van der Waals surface area (Å²) in [6.45, 7) is 2.26. The van der Waals surface area contributed by atoms with Gasteiger partial charge in [0.1, 0.15) is 5.30 Å². The zero-order chi connectivity index (χ0) is 18.7. The molecule has 0 N–H and O–H groups in total. The SMILES string of the molecule is COC(=O)c1pc2c(c(C3(C)CCCC3)c1C(=O)OC)CCCCCC2. The van der Waals surface area contributed by atoms with Gasteiger partial charge >= 0.3 is 11.9 Å². The minimum Gasteiger partial charge on any atom is -0.465 e. The van der Waals surface area contributed by atoms with E-state index in [9.17, 15) is 9.59 Å². The van der Waals surface area contributed by atoms with Crippen LogP contribution in [-0.2, 0) is 27.7 Å². The molecule has 1 aromatic rings. The number of carbonyl (C=O) groups is 2. The minimum absolute atomic E-state index is 0.0570. The van der Waals surface area contributed by atoms with Crippen LogP contribution in [0.25, 0.3) is 0 Å². The standard InChI is InChI=1S/C21H29O4P/c1-21(12-8-9-13-21)17-14-10-6-4-5-7-11-15(14)26-18(20(23)25-3)16(17)19(22)24-2/h4-13H2,1-3H3. The van der Waals surface area contributed by atoms with Gasteiger partial charge in [-0.05, 0) is 60.4 Å². The largest absolute Gasteiger partial charge is 0.465 e. The number of hydrogen-bond donors (Lipinski definition) is 0. The van der Waals surface area contributed by atoms with Gasteiger partial charge in [-0.2, -0.15) is 0 Å². The third-order valence-corrected chi connectivity index (χ3v) is 7.45. The van der Waals surface area contributed by atoms with Crippen molar-refractivity contribution in [1.29, 1.82) is 0 Å². The fraction of sp³-hybridized carbons (Fsp3) is 0.667. The average Bonchev–Trinajstić information content (AvgIpc) is 3.07. The Morgan fingerprint density at radius 3 is 2.12 bits per heavy atom. The maximum Gasteiger partial charge on any atom is 0.343 e. The topological polar surface area (TPSA) is 52.6 Å². The summed E-state index contributed by atoms with van der Waals surface area (Å²) in [4.78, 5) is 25.4. The van der Waals surface area contributed by atoms with Gasteiger partial charge in [-0.1, -0.05) is 40.8 Å². The van der Waals surface area contributed by atoms with E-state index < -0.39 is 11.9 Å². The van der Waals surface area contributed by atoms with E-state index in [2.05, 4.69) is 6.92 Å². The monoisotopic (exact) mass is 376 g/mol. The van der Waals surface area contributed by atoms with Crippen molar-refractivity contribution < 1.29 is 19.1 Å². The molecule has 1 fully saturated rings. The van der Waals surface area contributed by atoms with Crippen LogP contribution in [0, 0.1) is 0 Å². The van der Waals surface area contributed by atoms with Crippen LogP contribution in [-0.4, -0.2) is 26.2 Å².